The van der Waals surface area contributed by atoms with Gasteiger partial charge >= 0.3 is 7.82 Å². The van der Waals surface area contributed by atoms with Gasteiger partial charge in [0.25, 0.3) is 5.91 Å². The van der Waals surface area contributed by atoms with E-state index in [1.165, 1.54) is 11.2 Å². The van der Waals surface area contributed by atoms with Crippen LogP contribution in [0.3, 0.4) is 0 Å². The Balaban J connectivity index is 1.80. The number of hydrogen-bond donors (Lipinski definition) is 4. The largest absolute Gasteiger partial charge is 0.469 e. The number of aliphatic imine (C=N–C) groups is 2. The van der Waals surface area contributed by atoms with Crippen molar-refractivity contribution in [2.45, 2.75) is 6.04 Å². The highest BCUT2D eigenvalue weighted by Crippen LogP contribution is 2.35. The first-order valence-electron chi connectivity index (χ1n) is 5.42. The SMILES string of the molecule is N=C1N=C2C(N=CN2COCCOP(=O)(O)O)C(=O)N1. The number of nitrogens with zero attached hydrogens (tertiary/aromatic N) is 3. The van der Waals surface area contributed by atoms with Gasteiger partial charge in [0.2, 0.25) is 5.96 Å². The average Bonchev–Trinajstić information content (AvgIpc) is 2.70. The lowest BCUT2D eigenvalue weighted by molar-refractivity contribution is -0.119. The maximum atomic E-state index is 11.5. The number of ether oxygens (including phenoxy) is 1. The number of rotatable bonds is 6. The second-order valence-corrected chi connectivity index (χ2v) is 5.05. The molecule has 12 heteroatoms. The van der Waals surface area contributed by atoms with Crippen molar-refractivity contribution in [3.05, 3.63) is 0 Å². The Kier molecular flexibility index (Phi) is 4.26. The summed E-state index contributed by atoms with van der Waals surface area (Å²) >= 11 is 0. The molecule has 11 nitrogen and oxygen atoms in total. The van der Waals surface area contributed by atoms with E-state index in [9.17, 15) is 9.36 Å². The summed E-state index contributed by atoms with van der Waals surface area (Å²) in [6, 6.07) is -0.793. The zero-order chi connectivity index (χ0) is 14.8. The molecule has 0 aromatic carbocycles. The average molecular weight is 305 g/mol. The smallest absolute Gasteiger partial charge is 0.358 e. The number of carbonyl (C=O) groups excluding carboxylic acids is 1. The summed E-state index contributed by atoms with van der Waals surface area (Å²) in [6.07, 6.45) is 1.35. The van der Waals surface area contributed by atoms with Gasteiger partial charge in [-0.15, -0.1) is 0 Å². The maximum Gasteiger partial charge on any atom is 0.469 e. The summed E-state index contributed by atoms with van der Waals surface area (Å²) < 4.78 is 19.7. The van der Waals surface area contributed by atoms with Crippen molar-refractivity contribution < 1.29 is 28.4 Å². The van der Waals surface area contributed by atoms with Crippen LogP contribution >= 0.6 is 7.82 Å². The summed E-state index contributed by atoms with van der Waals surface area (Å²) in [6.45, 7) is -0.359. The van der Waals surface area contributed by atoms with Gasteiger partial charge in [0.1, 0.15) is 12.6 Å². The summed E-state index contributed by atoms with van der Waals surface area (Å²) in [7, 11) is -4.50. The molecule has 2 aliphatic rings. The van der Waals surface area contributed by atoms with Gasteiger partial charge in [-0.2, -0.15) is 4.99 Å². The van der Waals surface area contributed by atoms with Crippen LogP contribution in [0.2, 0.25) is 0 Å². The Hall–Kier alpha value is -1.65. The van der Waals surface area contributed by atoms with E-state index in [1.54, 1.807) is 0 Å². The Morgan fingerprint density at radius 3 is 2.95 bits per heavy atom. The van der Waals surface area contributed by atoms with Gasteiger partial charge in [-0.1, -0.05) is 0 Å². The molecule has 0 fully saturated rings. The fraction of sp³-hybridized carbons (Fsp3) is 0.500. The van der Waals surface area contributed by atoms with Crippen molar-refractivity contribution in [2.75, 3.05) is 19.9 Å². The van der Waals surface area contributed by atoms with Crippen molar-refractivity contribution in [3.8, 4) is 0 Å². The van der Waals surface area contributed by atoms with Crippen LogP contribution in [0.1, 0.15) is 0 Å². The number of phosphoric ester groups is 1. The molecule has 2 aliphatic heterocycles. The Morgan fingerprint density at radius 1 is 1.50 bits per heavy atom. The first-order chi connectivity index (χ1) is 9.37. The zero-order valence-corrected chi connectivity index (χ0v) is 11.0. The second kappa shape index (κ2) is 5.77. The minimum absolute atomic E-state index is 0.0239. The summed E-state index contributed by atoms with van der Waals surface area (Å²) in [5.74, 6) is -0.445. The van der Waals surface area contributed by atoms with Gasteiger partial charge in [-0.3, -0.25) is 29.9 Å². The molecule has 110 valence electrons. The highest BCUT2D eigenvalue weighted by molar-refractivity contribution is 7.46. The van der Waals surface area contributed by atoms with Gasteiger partial charge in [-0.05, 0) is 0 Å². The molecule has 0 aliphatic carbocycles. The molecule has 4 N–H and O–H groups in total. The molecule has 0 saturated heterocycles. The predicted molar refractivity (Wildman–Crippen MR) is 66.2 cm³/mol. The molecule has 0 saturated carbocycles. The van der Waals surface area contributed by atoms with Gasteiger partial charge in [0.05, 0.1) is 19.6 Å². The second-order valence-electron chi connectivity index (χ2n) is 3.81. The standard InChI is InChI=1S/C8H12N5O6P/c9-8-11-6-5(7(14)12-8)10-3-13(6)4-18-1-2-19-20(15,16)17/h3,5H,1-2,4H2,(H2,9,12,14)(H2,15,16,17). The zero-order valence-electron chi connectivity index (χ0n) is 10.1. The molecule has 0 aromatic rings. The molecule has 0 aromatic heterocycles. The van der Waals surface area contributed by atoms with E-state index in [1.807, 2.05) is 0 Å². The van der Waals surface area contributed by atoms with Crippen molar-refractivity contribution in [1.82, 2.24) is 10.2 Å². The molecular formula is C8H12N5O6P. The van der Waals surface area contributed by atoms with Crippen LogP contribution < -0.4 is 5.32 Å². The van der Waals surface area contributed by atoms with E-state index >= 15 is 0 Å². The van der Waals surface area contributed by atoms with Crippen LogP contribution in [0.4, 0.5) is 0 Å². The summed E-state index contributed by atoms with van der Waals surface area (Å²) in [4.78, 5) is 37.6. The molecule has 20 heavy (non-hydrogen) atoms. The predicted octanol–water partition coefficient (Wildman–Crippen LogP) is -1.75. The lowest BCUT2D eigenvalue weighted by Gasteiger charge is -2.21. The van der Waals surface area contributed by atoms with E-state index in [-0.39, 0.29) is 31.7 Å². The third-order valence-electron chi connectivity index (χ3n) is 2.33. The molecule has 1 amide bonds. The van der Waals surface area contributed by atoms with Crippen molar-refractivity contribution >= 4 is 31.9 Å². The van der Waals surface area contributed by atoms with Gasteiger partial charge in [0, 0.05) is 0 Å². The first kappa shape index (κ1) is 14.8. The molecule has 1 unspecified atom stereocenters. The van der Waals surface area contributed by atoms with Crippen molar-refractivity contribution in [1.29, 1.82) is 5.41 Å². The van der Waals surface area contributed by atoms with Crippen molar-refractivity contribution in [2.24, 2.45) is 9.98 Å². The van der Waals surface area contributed by atoms with E-state index < -0.39 is 19.8 Å². The fourth-order valence-electron chi connectivity index (χ4n) is 1.55. The molecular weight excluding hydrogens is 293 g/mol. The molecule has 1 atom stereocenters. The number of fused-ring (bicyclic) bond motifs is 1. The van der Waals surface area contributed by atoms with Crippen LogP contribution in [-0.4, -0.2) is 64.7 Å². The number of amides is 1. The van der Waals surface area contributed by atoms with Gasteiger partial charge in [0.15, 0.2) is 6.04 Å². The minimum Gasteiger partial charge on any atom is -0.358 e. The van der Waals surface area contributed by atoms with E-state index in [2.05, 4.69) is 19.8 Å². The first-order valence-corrected chi connectivity index (χ1v) is 6.95. The van der Waals surface area contributed by atoms with Crippen LogP contribution in [0.15, 0.2) is 9.98 Å². The van der Waals surface area contributed by atoms with Crippen LogP contribution in [0.25, 0.3) is 0 Å². The highest BCUT2D eigenvalue weighted by atomic mass is 31.2. The molecule has 2 rings (SSSR count). The van der Waals surface area contributed by atoms with E-state index in [0.717, 1.165) is 0 Å². The normalized spacial score (nSPS) is 21.8. The molecule has 0 spiro atoms. The third-order valence-corrected chi connectivity index (χ3v) is 2.85. The Bertz CT molecular complexity index is 527. The van der Waals surface area contributed by atoms with E-state index in [0.29, 0.717) is 0 Å². The molecule has 2 heterocycles. The summed E-state index contributed by atoms with van der Waals surface area (Å²) in [5.41, 5.74) is 0. The van der Waals surface area contributed by atoms with Crippen LogP contribution in [0.5, 0.6) is 0 Å². The third kappa shape index (κ3) is 3.68. The van der Waals surface area contributed by atoms with Gasteiger partial charge < -0.3 is 14.5 Å². The highest BCUT2D eigenvalue weighted by Gasteiger charge is 2.36. The van der Waals surface area contributed by atoms with Crippen LogP contribution in [0, 0.1) is 5.41 Å². The number of guanidine groups is 1. The number of carbonyl (C=O) groups is 1. The van der Waals surface area contributed by atoms with Gasteiger partial charge in [-0.25, -0.2) is 4.57 Å². The lowest BCUT2D eigenvalue weighted by Crippen LogP contribution is -2.49. The quantitative estimate of drug-likeness (QED) is 0.334. The fourth-order valence-corrected chi connectivity index (χ4v) is 1.86. The number of amidine groups is 1. The number of phosphoric acid groups is 1. The van der Waals surface area contributed by atoms with E-state index in [4.69, 9.17) is 19.9 Å². The maximum absolute atomic E-state index is 11.5. The Morgan fingerprint density at radius 2 is 2.25 bits per heavy atom. The molecule has 0 radical (unpaired) electrons. The van der Waals surface area contributed by atoms with Crippen LogP contribution in [-0.2, 0) is 18.6 Å². The topological polar surface area (TPSA) is 157 Å². The molecule has 0 bridgehead atoms. The lowest BCUT2D eigenvalue weighted by atomic mass is 10.2. The monoisotopic (exact) mass is 305 g/mol. The summed E-state index contributed by atoms with van der Waals surface area (Å²) in [5, 5.41) is 9.56. The number of nitrogens with one attached hydrogen (secondary N) is 2. The minimum atomic E-state index is -4.50. The number of hydrogen-bond acceptors (Lipinski definition) is 7. The Labute approximate surface area is 113 Å². The van der Waals surface area contributed by atoms with Crippen molar-refractivity contribution in [3.63, 3.8) is 0 Å².